The molecule has 0 saturated heterocycles. The van der Waals surface area contributed by atoms with Gasteiger partial charge in [-0.05, 0) is 32.9 Å². The molecule has 0 aromatic carbocycles. The maximum atomic E-state index is 13.1. The van der Waals surface area contributed by atoms with Crippen LogP contribution in [0.5, 0.6) is 0 Å². The molecule has 0 spiro atoms. The number of carbonyl (C=O) groups excluding carboxylic acids is 1. The number of anilines is 1. The van der Waals surface area contributed by atoms with Gasteiger partial charge in [0.25, 0.3) is 0 Å². The summed E-state index contributed by atoms with van der Waals surface area (Å²) in [7, 11) is 0. The highest BCUT2D eigenvalue weighted by molar-refractivity contribution is 5.67. The van der Waals surface area contributed by atoms with E-state index in [4.69, 9.17) is 4.74 Å². The molecule has 0 atom stereocenters. The molecular formula is C19H22F3N5O2. The van der Waals surface area contributed by atoms with E-state index in [2.05, 4.69) is 25.6 Å². The predicted molar refractivity (Wildman–Crippen MR) is 102 cm³/mol. The van der Waals surface area contributed by atoms with Crippen molar-refractivity contribution in [2.45, 2.75) is 32.5 Å². The zero-order chi connectivity index (χ0) is 21.5. The number of aromatic nitrogens is 3. The van der Waals surface area contributed by atoms with E-state index in [1.165, 1.54) is 24.5 Å². The van der Waals surface area contributed by atoms with Gasteiger partial charge in [0.2, 0.25) is 0 Å². The van der Waals surface area contributed by atoms with Crippen LogP contribution in [0.2, 0.25) is 0 Å². The Morgan fingerprint density at radius 1 is 1.10 bits per heavy atom. The van der Waals surface area contributed by atoms with Gasteiger partial charge < -0.3 is 15.4 Å². The molecule has 0 aliphatic rings. The van der Waals surface area contributed by atoms with Crippen molar-refractivity contribution in [3.63, 3.8) is 0 Å². The van der Waals surface area contributed by atoms with Gasteiger partial charge >= 0.3 is 12.3 Å². The molecule has 0 aliphatic carbocycles. The van der Waals surface area contributed by atoms with Crippen molar-refractivity contribution in [3.05, 3.63) is 48.4 Å². The minimum Gasteiger partial charge on any atom is -0.444 e. The molecule has 156 valence electrons. The van der Waals surface area contributed by atoms with E-state index in [0.29, 0.717) is 5.56 Å². The summed E-state index contributed by atoms with van der Waals surface area (Å²) in [6.07, 6.45) is 1.04. The molecule has 0 bridgehead atoms. The Kier molecular flexibility index (Phi) is 7.13. The lowest BCUT2D eigenvalue weighted by molar-refractivity contribution is -0.141. The van der Waals surface area contributed by atoms with E-state index in [9.17, 15) is 18.0 Å². The van der Waals surface area contributed by atoms with Crippen LogP contribution in [0.4, 0.5) is 23.8 Å². The first kappa shape index (κ1) is 22.1. The molecule has 2 heterocycles. The number of rotatable bonds is 6. The van der Waals surface area contributed by atoms with Gasteiger partial charge in [0, 0.05) is 37.1 Å². The Bertz CT molecular complexity index is 849. The second-order valence-electron chi connectivity index (χ2n) is 6.93. The van der Waals surface area contributed by atoms with Gasteiger partial charge in [0.15, 0.2) is 11.5 Å². The standard InChI is InChI=1S/C19H22F3N5O2/c1-18(2,3)29-17(28)25-9-5-4-8-24-15-12-14(19(20,21)22)26-16(27-15)13-6-10-23-11-7-13/h4-7,10-12H,8-9H2,1-3H3,(H,25,28)(H,24,26,27). The zero-order valence-electron chi connectivity index (χ0n) is 16.2. The van der Waals surface area contributed by atoms with Crippen LogP contribution in [0.25, 0.3) is 11.4 Å². The van der Waals surface area contributed by atoms with Gasteiger partial charge in [0.1, 0.15) is 11.4 Å². The van der Waals surface area contributed by atoms with Crippen molar-refractivity contribution in [2.75, 3.05) is 18.4 Å². The first-order valence-corrected chi connectivity index (χ1v) is 8.77. The molecule has 0 aliphatic heterocycles. The van der Waals surface area contributed by atoms with Gasteiger partial charge in [0.05, 0.1) is 0 Å². The molecule has 2 N–H and O–H groups in total. The summed E-state index contributed by atoms with van der Waals surface area (Å²) in [5.41, 5.74) is -1.21. The predicted octanol–water partition coefficient (Wildman–Crippen LogP) is 4.05. The Morgan fingerprint density at radius 2 is 1.76 bits per heavy atom. The van der Waals surface area contributed by atoms with Crippen molar-refractivity contribution in [1.82, 2.24) is 20.3 Å². The van der Waals surface area contributed by atoms with E-state index in [1.807, 2.05) is 0 Å². The number of alkyl halides is 3. The lowest BCUT2D eigenvalue weighted by Crippen LogP contribution is -2.32. The highest BCUT2D eigenvalue weighted by Crippen LogP contribution is 2.30. The average molecular weight is 409 g/mol. The minimum atomic E-state index is -4.60. The van der Waals surface area contributed by atoms with Crippen molar-refractivity contribution in [1.29, 1.82) is 0 Å². The van der Waals surface area contributed by atoms with Crippen molar-refractivity contribution in [2.24, 2.45) is 0 Å². The number of carbonyl (C=O) groups is 1. The molecule has 2 aromatic heterocycles. The second-order valence-corrected chi connectivity index (χ2v) is 6.93. The monoisotopic (exact) mass is 409 g/mol. The van der Waals surface area contributed by atoms with Crippen LogP contribution >= 0.6 is 0 Å². The maximum Gasteiger partial charge on any atom is 0.433 e. The maximum absolute atomic E-state index is 13.1. The van der Waals surface area contributed by atoms with Crippen molar-refractivity contribution >= 4 is 11.9 Å². The number of hydrogen-bond donors (Lipinski definition) is 2. The molecule has 2 rings (SSSR count). The summed E-state index contributed by atoms with van der Waals surface area (Å²) in [6, 6.07) is 3.90. The van der Waals surface area contributed by atoms with Crippen LogP contribution in [0.1, 0.15) is 26.5 Å². The SMILES string of the molecule is CC(C)(C)OC(=O)NCC=CCNc1cc(C(F)(F)F)nc(-c2ccncc2)n1. The normalized spacial score (nSPS) is 12.1. The van der Waals surface area contributed by atoms with Gasteiger partial charge in [-0.15, -0.1) is 0 Å². The summed E-state index contributed by atoms with van der Waals surface area (Å²) < 4.78 is 44.5. The smallest absolute Gasteiger partial charge is 0.433 e. The summed E-state index contributed by atoms with van der Waals surface area (Å²) in [5.74, 6) is -0.0239. The minimum absolute atomic E-state index is 0.0314. The molecule has 7 nitrogen and oxygen atoms in total. The fourth-order valence-corrected chi connectivity index (χ4v) is 2.10. The molecule has 0 saturated carbocycles. The Morgan fingerprint density at radius 3 is 2.38 bits per heavy atom. The fraction of sp³-hybridized carbons (Fsp3) is 0.368. The molecule has 10 heteroatoms. The highest BCUT2D eigenvalue weighted by atomic mass is 19.4. The Hall–Kier alpha value is -3.17. The van der Waals surface area contributed by atoms with Gasteiger partial charge in [-0.3, -0.25) is 4.98 Å². The Labute approximate surface area is 166 Å². The number of nitrogens with zero attached hydrogens (tertiary/aromatic N) is 3. The highest BCUT2D eigenvalue weighted by Gasteiger charge is 2.33. The summed E-state index contributed by atoms with van der Waals surface area (Å²) in [6.45, 7) is 5.69. The molecule has 29 heavy (non-hydrogen) atoms. The molecule has 0 fully saturated rings. The lowest BCUT2D eigenvalue weighted by Gasteiger charge is -2.19. The molecular weight excluding hydrogens is 387 g/mol. The van der Waals surface area contributed by atoms with Crippen LogP contribution < -0.4 is 10.6 Å². The van der Waals surface area contributed by atoms with E-state index in [0.717, 1.165) is 6.07 Å². The van der Waals surface area contributed by atoms with Crippen LogP contribution in [-0.2, 0) is 10.9 Å². The molecule has 2 aromatic rings. The van der Waals surface area contributed by atoms with Crippen molar-refractivity contribution in [3.8, 4) is 11.4 Å². The van der Waals surface area contributed by atoms with Crippen LogP contribution in [0.15, 0.2) is 42.7 Å². The number of pyridine rings is 1. The largest absolute Gasteiger partial charge is 0.444 e. The zero-order valence-corrected chi connectivity index (χ0v) is 16.2. The number of hydrogen-bond acceptors (Lipinski definition) is 6. The van der Waals surface area contributed by atoms with Gasteiger partial charge in [-0.25, -0.2) is 14.8 Å². The second kappa shape index (κ2) is 9.35. The fourth-order valence-electron chi connectivity index (χ4n) is 2.10. The van der Waals surface area contributed by atoms with Gasteiger partial charge in [-0.2, -0.15) is 13.2 Å². The lowest BCUT2D eigenvalue weighted by atomic mass is 10.2. The summed E-state index contributed by atoms with van der Waals surface area (Å²) >= 11 is 0. The van der Waals surface area contributed by atoms with Crippen LogP contribution in [-0.4, -0.2) is 39.7 Å². The Balaban J connectivity index is 1.99. The number of halogens is 3. The van der Waals surface area contributed by atoms with E-state index >= 15 is 0 Å². The van der Waals surface area contributed by atoms with E-state index in [1.54, 1.807) is 32.9 Å². The molecule has 1 amide bonds. The van der Waals surface area contributed by atoms with Gasteiger partial charge in [-0.1, -0.05) is 12.2 Å². The number of ether oxygens (including phenoxy) is 1. The summed E-state index contributed by atoms with van der Waals surface area (Å²) in [5, 5.41) is 5.34. The van der Waals surface area contributed by atoms with E-state index in [-0.39, 0.29) is 24.7 Å². The first-order valence-electron chi connectivity index (χ1n) is 8.77. The number of amides is 1. The van der Waals surface area contributed by atoms with Crippen molar-refractivity contribution < 1.29 is 22.7 Å². The molecule has 0 unspecified atom stereocenters. The summed E-state index contributed by atoms with van der Waals surface area (Å²) in [4.78, 5) is 23.1. The third-order valence-corrected chi connectivity index (χ3v) is 3.29. The van der Waals surface area contributed by atoms with Crippen LogP contribution in [0.3, 0.4) is 0 Å². The number of nitrogens with one attached hydrogen (secondary N) is 2. The van der Waals surface area contributed by atoms with Crippen LogP contribution in [0, 0.1) is 0 Å². The average Bonchev–Trinajstić information content (AvgIpc) is 2.63. The number of alkyl carbamates (subject to hydrolysis) is 1. The van der Waals surface area contributed by atoms with E-state index < -0.39 is 23.6 Å². The first-order chi connectivity index (χ1) is 13.5. The third kappa shape index (κ3) is 7.76. The third-order valence-electron chi connectivity index (χ3n) is 3.29. The molecule has 0 radical (unpaired) electrons. The topological polar surface area (TPSA) is 89.0 Å². The quantitative estimate of drug-likeness (QED) is 0.700.